The Kier molecular flexibility index (Phi) is 8.41. The minimum absolute atomic E-state index is 0.100. The predicted molar refractivity (Wildman–Crippen MR) is 94.2 cm³/mol. The molecule has 0 saturated heterocycles. The van der Waals surface area contributed by atoms with Gasteiger partial charge < -0.3 is 25.8 Å². The van der Waals surface area contributed by atoms with Crippen LogP contribution >= 0.6 is 0 Å². The van der Waals surface area contributed by atoms with Crippen molar-refractivity contribution in [2.24, 2.45) is 0 Å². The summed E-state index contributed by atoms with van der Waals surface area (Å²) in [5.41, 5.74) is 0. The molecular weight excluding hydrogens is 306 g/mol. The second-order valence-electron chi connectivity index (χ2n) is 6.22. The molecule has 6 heteroatoms. The highest BCUT2D eigenvalue weighted by atomic mass is 16.5. The number of carbonyl (C=O) groups is 1. The van der Waals surface area contributed by atoms with Crippen LogP contribution in [0, 0.1) is 0 Å². The lowest BCUT2D eigenvalue weighted by Crippen LogP contribution is -2.45. The summed E-state index contributed by atoms with van der Waals surface area (Å²) in [5.74, 6) is 0.748. The standard InChI is InChI=1S/C18H29N3O3/c22-16(14-24-17-9-5-2-6-10-17)13-19-11-12-20-18(23)21-15-7-3-1-4-8-15/h2,5-6,9-10,15-16,19,22H,1,3-4,7-8,11-14H2,(H2,20,21,23)/t16-/m1/s1. The normalized spacial score (nSPS) is 16.4. The number of ether oxygens (including phenoxy) is 1. The highest BCUT2D eigenvalue weighted by molar-refractivity contribution is 5.74. The molecule has 1 atom stereocenters. The monoisotopic (exact) mass is 335 g/mol. The van der Waals surface area contributed by atoms with Crippen molar-refractivity contribution >= 4 is 6.03 Å². The zero-order valence-electron chi connectivity index (χ0n) is 14.2. The first-order valence-corrected chi connectivity index (χ1v) is 8.85. The van der Waals surface area contributed by atoms with E-state index < -0.39 is 6.10 Å². The minimum Gasteiger partial charge on any atom is -0.491 e. The molecule has 1 fully saturated rings. The molecule has 4 N–H and O–H groups in total. The van der Waals surface area contributed by atoms with Crippen molar-refractivity contribution in [2.75, 3.05) is 26.2 Å². The summed E-state index contributed by atoms with van der Waals surface area (Å²) in [7, 11) is 0. The van der Waals surface area contributed by atoms with E-state index in [9.17, 15) is 9.90 Å². The molecule has 2 rings (SSSR count). The van der Waals surface area contributed by atoms with E-state index in [4.69, 9.17) is 4.74 Å². The molecule has 0 radical (unpaired) electrons. The quantitative estimate of drug-likeness (QED) is 0.517. The van der Waals surface area contributed by atoms with Crippen LogP contribution in [0.2, 0.25) is 0 Å². The molecule has 1 aromatic carbocycles. The first-order valence-electron chi connectivity index (χ1n) is 8.85. The SMILES string of the molecule is O=C(NCCNC[C@@H](O)COc1ccccc1)NC1CCCCC1. The smallest absolute Gasteiger partial charge is 0.315 e. The van der Waals surface area contributed by atoms with Crippen molar-refractivity contribution in [1.82, 2.24) is 16.0 Å². The van der Waals surface area contributed by atoms with Gasteiger partial charge in [0, 0.05) is 25.7 Å². The lowest BCUT2D eigenvalue weighted by molar-refractivity contribution is 0.106. The van der Waals surface area contributed by atoms with Crippen molar-refractivity contribution < 1.29 is 14.6 Å². The summed E-state index contributed by atoms with van der Waals surface area (Å²) in [6.45, 7) is 1.82. The minimum atomic E-state index is -0.582. The van der Waals surface area contributed by atoms with Crippen LogP contribution in [0.4, 0.5) is 4.79 Å². The number of urea groups is 1. The van der Waals surface area contributed by atoms with Crippen LogP contribution in [0.5, 0.6) is 5.75 Å². The van der Waals surface area contributed by atoms with Gasteiger partial charge in [-0.3, -0.25) is 0 Å². The number of hydrogen-bond donors (Lipinski definition) is 4. The van der Waals surface area contributed by atoms with E-state index in [0.29, 0.717) is 25.7 Å². The number of amides is 2. The van der Waals surface area contributed by atoms with Gasteiger partial charge in [0.05, 0.1) is 0 Å². The number of hydrogen-bond acceptors (Lipinski definition) is 4. The first kappa shape index (κ1) is 18.5. The highest BCUT2D eigenvalue weighted by Crippen LogP contribution is 2.17. The third-order valence-corrected chi connectivity index (χ3v) is 4.09. The van der Waals surface area contributed by atoms with Gasteiger partial charge in [-0.2, -0.15) is 0 Å². The Morgan fingerprint density at radius 2 is 1.92 bits per heavy atom. The Morgan fingerprint density at radius 3 is 2.67 bits per heavy atom. The number of benzene rings is 1. The number of carbonyl (C=O) groups excluding carboxylic acids is 1. The Balaban J connectivity index is 1.46. The number of aliphatic hydroxyl groups is 1. The Hall–Kier alpha value is -1.79. The molecule has 1 aliphatic carbocycles. The number of nitrogens with one attached hydrogen (secondary N) is 3. The van der Waals surface area contributed by atoms with E-state index in [2.05, 4.69) is 16.0 Å². The summed E-state index contributed by atoms with van der Waals surface area (Å²) in [4.78, 5) is 11.7. The van der Waals surface area contributed by atoms with E-state index in [0.717, 1.165) is 18.6 Å². The molecule has 0 bridgehead atoms. The largest absolute Gasteiger partial charge is 0.491 e. The molecule has 1 aliphatic rings. The molecule has 1 saturated carbocycles. The fourth-order valence-corrected chi connectivity index (χ4v) is 2.78. The topological polar surface area (TPSA) is 82.6 Å². The molecule has 1 aromatic rings. The van der Waals surface area contributed by atoms with Gasteiger partial charge in [-0.05, 0) is 25.0 Å². The molecule has 6 nitrogen and oxygen atoms in total. The van der Waals surface area contributed by atoms with Gasteiger partial charge in [-0.25, -0.2) is 4.79 Å². The van der Waals surface area contributed by atoms with Gasteiger partial charge in [0.25, 0.3) is 0 Å². The second kappa shape index (κ2) is 10.9. The molecule has 2 amide bonds. The third kappa shape index (κ3) is 7.66. The molecule has 0 aromatic heterocycles. The van der Waals surface area contributed by atoms with Crippen molar-refractivity contribution in [3.05, 3.63) is 30.3 Å². The van der Waals surface area contributed by atoms with Crippen LogP contribution in [0.25, 0.3) is 0 Å². The molecule has 0 spiro atoms. The lowest BCUT2D eigenvalue weighted by atomic mass is 9.96. The lowest BCUT2D eigenvalue weighted by Gasteiger charge is -2.22. The summed E-state index contributed by atoms with van der Waals surface area (Å²) in [6, 6.07) is 9.64. The van der Waals surface area contributed by atoms with Gasteiger partial charge in [0.15, 0.2) is 0 Å². The van der Waals surface area contributed by atoms with E-state index in [1.54, 1.807) is 0 Å². The van der Waals surface area contributed by atoms with Crippen LogP contribution in [0.3, 0.4) is 0 Å². The fourth-order valence-electron chi connectivity index (χ4n) is 2.78. The Bertz CT molecular complexity index is 464. The van der Waals surface area contributed by atoms with Crippen molar-refractivity contribution in [3.63, 3.8) is 0 Å². The molecule has 0 heterocycles. The number of para-hydroxylation sites is 1. The van der Waals surface area contributed by atoms with Gasteiger partial charge in [0.1, 0.15) is 18.5 Å². The van der Waals surface area contributed by atoms with E-state index >= 15 is 0 Å². The maximum absolute atomic E-state index is 11.7. The predicted octanol–water partition coefficient (Wildman–Crippen LogP) is 1.65. The van der Waals surface area contributed by atoms with Gasteiger partial charge in [-0.15, -0.1) is 0 Å². The summed E-state index contributed by atoms with van der Waals surface area (Å²) in [6.07, 6.45) is 5.27. The second-order valence-corrected chi connectivity index (χ2v) is 6.22. The van der Waals surface area contributed by atoms with Crippen LogP contribution in [0.15, 0.2) is 30.3 Å². The summed E-state index contributed by atoms with van der Waals surface area (Å²) < 4.78 is 5.48. The van der Waals surface area contributed by atoms with Crippen LogP contribution < -0.4 is 20.7 Å². The molecule has 24 heavy (non-hydrogen) atoms. The maximum atomic E-state index is 11.7. The highest BCUT2D eigenvalue weighted by Gasteiger charge is 2.15. The fraction of sp³-hybridized carbons (Fsp3) is 0.611. The Morgan fingerprint density at radius 1 is 1.17 bits per heavy atom. The zero-order chi connectivity index (χ0) is 17.0. The average Bonchev–Trinajstić information content (AvgIpc) is 2.61. The zero-order valence-corrected chi connectivity index (χ0v) is 14.2. The van der Waals surface area contributed by atoms with E-state index in [1.807, 2.05) is 30.3 Å². The van der Waals surface area contributed by atoms with Crippen molar-refractivity contribution in [3.8, 4) is 5.75 Å². The van der Waals surface area contributed by atoms with Crippen molar-refractivity contribution in [1.29, 1.82) is 0 Å². The molecular formula is C18H29N3O3. The summed E-state index contributed by atoms with van der Waals surface area (Å²) in [5, 5.41) is 18.8. The number of rotatable bonds is 9. The van der Waals surface area contributed by atoms with Crippen molar-refractivity contribution in [2.45, 2.75) is 44.2 Å². The summed E-state index contributed by atoms with van der Waals surface area (Å²) >= 11 is 0. The van der Waals surface area contributed by atoms with Crippen LogP contribution in [0.1, 0.15) is 32.1 Å². The molecule has 0 unspecified atom stereocenters. The van der Waals surface area contributed by atoms with Gasteiger partial charge in [-0.1, -0.05) is 37.5 Å². The first-order chi connectivity index (χ1) is 11.7. The van der Waals surface area contributed by atoms with E-state index in [-0.39, 0.29) is 12.6 Å². The van der Waals surface area contributed by atoms with Gasteiger partial charge >= 0.3 is 6.03 Å². The molecule has 134 valence electrons. The molecule has 0 aliphatic heterocycles. The Labute approximate surface area is 144 Å². The van der Waals surface area contributed by atoms with E-state index in [1.165, 1.54) is 19.3 Å². The van der Waals surface area contributed by atoms with Gasteiger partial charge in [0.2, 0.25) is 0 Å². The average molecular weight is 335 g/mol. The number of aliphatic hydroxyl groups excluding tert-OH is 1. The van der Waals surface area contributed by atoms with Crippen LogP contribution in [-0.4, -0.2) is 49.5 Å². The third-order valence-electron chi connectivity index (χ3n) is 4.09. The maximum Gasteiger partial charge on any atom is 0.315 e. The van der Waals surface area contributed by atoms with Crippen LogP contribution in [-0.2, 0) is 0 Å².